The van der Waals surface area contributed by atoms with Crippen LogP contribution < -0.4 is 0 Å². The highest BCUT2D eigenvalue weighted by Crippen LogP contribution is 2.29. The topological polar surface area (TPSA) is 4.36 Å². The van der Waals surface area contributed by atoms with Crippen molar-refractivity contribution in [3.63, 3.8) is 0 Å². The van der Waals surface area contributed by atoms with Crippen molar-refractivity contribution in [2.45, 2.75) is 13.8 Å². The maximum atomic E-state index is 5.33. The number of nitrogens with zero attached hydrogens (tertiary/aromatic N) is 1. The maximum Gasteiger partial charge on any atom is 0.339 e. The molecule has 1 unspecified atom stereocenters. The van der Waals surface area contributed by atoms with E-state index in [4.69, 9.17) is 6.57 Å². The molecule has 0 aliphatic heterocycles. The molecule has 0 amide bonds. The van der Waals surface area contributed by atoms with Gasteiger partial charge in [-0.2, -0.15) is 0 Å². The molecule has 1 nitrogen and oxygen atoms in total. The SMILES string of the molecule is C#[N+]C1=CC(=C(C)c2ccccc2)C(C)C=C1. The van der Waals surface area contributed by atoms with Crippen LogP contribution in [0.2, 0.25) is 0 Å². The van der Waals surface area contributed by atoms with Gasteiger partial charge in [-0.3, -0.25) is 0 Å². The molecule has 2 rings (SSSR count). The predicted octanol–water partition coefficient (Wildman–Crippen LogP) is 4.51. The maximum absolute atomic E-state index is 5.33. The number of benzene rings is 1. The van der Waals surface area contributed by atoms with Crippen molar-refractivity contribution in [3.8, 4) is 6.57 Å². The molecule has 0 bridgehead atoms. The molecule has 0 N–H and O–H groups in total. The van der Waals surface area contributed by atoms with E-state index in [0.717, 1.165) is 5.70 Å². The Morgan fingerprint density at radius 3 is 2.59 bits per heavy atom. The molecule has 0 fully saturated rings. The van der Waals surface area contributed by atoms with Gasteiger partial charge in [-0.15, -0.1) is 0 Å². The van der Waals surface area contributed by atoms with Crippen LogP contribution in [-0.2, 0) is 0 Å². The summed E-state index contributed by atoms with van der Waals surface area (Å²) in [6.45, 7) is 9.66. The van der Waals surface area contributed by atoms with E-state index in [2.05, 4.69) is 55.1 Å². The van der Waals surface area contributed by atoms with Crippen LogP contribution in [0.25, 0.3) is 10.4 Å². The zero-order valence-corrected chi connectivity index (χ0v) is 10.2. The minimum atomic E-state index is 0.403. The Morgan fingerprint density at radius 2 is 1.94 bits per heavy atom. The highest BCUT2D eigenvalue weighted by atomic mass is 14.6. The van der Waals surface area contributed by atoms with Gasteiger partial charge < -0.3 is 0 Å². The molecule has 17 heavy (non-hydrogen) atoms. The molecular formula is C16H16N+. The Bertz CT molecular complexity index is 539. The highest BCUT2D eigenvalue weighted by molar-refractivity contribution is 5.71. The van der Waals surface area contributed by atoms with Crippen molar-refractivity contribution in [3.05, 3.63) is 70.2 Å². The first-order chi connectivity index (χ1) is 8.22. The fraction of sp³-hybridized carbons (Fsp3) is 0.188. The summed E-state index contributed by atoms with van der Waals surface area (Å²) < 4.78 is 0. The average molecular weight is 222 g/mol. The van der Waals surface area contributed by atoms with Crippen molar-refractivity contribution in [2.24, 2.45) is 5.92 Å². The minimum absolute atomic E-state index is 0.403. The number of rotatable bonds is 1. The molecule has 1 atom stereocenters. The molecular weight excluding hydrogens is 206 g/mol. The monoisotopic (exact) mass is 222 g/mol. The van der Waals surface area contributed by atoms with E-state index in [1.54, 1.807) is 0 Å². The number of hydrogen-bond acceptors (Lipinski definition) is 0. The first-order valence-electron chi connectivity index (χ1n) is 5.79. The van der Waals surface area contributed by atoms with E-state index >= 15 is 0 Å². The quantitative estimate of drug-likeness (QED) is 0.658. The molecule has 0 saturated carbocycles. The van der Waals surface area contributed by atoms with Gasteiger partial charge in [0.05, 0.1) is 0 Å². The van der Waals surface area contributed by atoms with Crippen LogP contribution >= 0.6 is 0 Å². The second kappa shape index (κ2) is 4.84. The lowest BCUT2D eigenvalue weighted by Gasteiger charge is -2.14. The second-order valence-corrected chi connectivity index (χ2v) is 4.29. The van der Waals surface area contributed by atoms with Crippen LogP contribution in [-0.4, -0.2) is 0 Å². The minimum Gasteiger partial charge on any atom is -0.0694 e. The van der Waals surface area contributed by atoms with Gasteiger partial charge in [0.1, 0.15) is 0 Å². The molecule has 0 spiro atoms. The zero-order chi connectivity index (χ0) is 12.3. The van der Waals surface area contributed by atoms with E-state index in [9.17, 15) is 0 Å². The van der Waals surface area contributed by atoms with Crippen LogP contribution in [0.5, 0.6) is 0 Å². The Labute approximate surface area is 103 Å². The zero-order valence-electron chi connectivity index (χ0n) is 10.2. The molecule has 1 heteroatoms. The van der Waals surface area contributed by atoms with Crippen LogP contribution in [0.3, 0.4) is 0 Å². The molecule has 84 valence electrons. The third-order valence-corrected chi connectivity index (χ3v) is 3.14. The Morgan fingerprint density at radius 1 is 1.24 bits per heavy atom. The molecule has 0 aromatic heterocycles. The van der Waals surface area contributed by atoms with Gasteiger partial charge in [0, 0.05) is 18.1 Å². The van der Waals surface area contributed by atoms with Crippen molar-refractivity contribution in [1.82, 2.24) is 0 Å². The standard InChI is InChI=1S/C16H16N/c1-12-9-10-15(17-3)11-16(12)13(2)14-7-5-4-6-8-14/h3-12H,1-2H3/q+1. The highest BCUT2D eigenvalue weighted by Gasteiger charge is 2.17. The number of allylic oxidation sites excluding steroid dienone is 5. The van der Waals surface area contributed by atoms with E-state index < -0.39 is 0 Å². The van der Waals surface area contributed by atoms with Gasteiger partial charge in [0.2, 0.25) is 0 Å². The second-order valence-electron chi connectivity index (χ2n) is 4.29. The predicted molar refractivity (Wildman–Crippen MR) is 73.7 cm³/mol. The van der Waals surface area contributed by atoms with Crippen LogP contribution in [0.15, 0.2) is 59.8 Å². The van der Waals surface area contributed by atoms with Gasteiger partial charge in [-0.25, -0.2) is 0 Å². The van der Waals surface area contributed by atoms with Gasteiger partial charge in [0.25, 0.3) is 6.57 Å². The summed E-state index contributed by atoms with van der Waals surface area (Å²) in [5.41, 5.74) is 4.64. The third-order valence-electron chi connectivity index (χ3n) is 3.14. The molecule has 1 aromatic rings. The first kappa shape index (κ1) is 11.4. The molecule has 0 heterocycles. The Hall–Kier alpha value is -2.07. The summed E-state index contributed by atoms with van der Waals surface area (Å²) in [7, 11) is 0. The Balaban J connectivity index is 2.48. The normalized spacial score (nSPS) is 21.7. The van der Waals surface area contributed by atoms with Crippen molar-refractivity contribution in [1.29, 1.82) is 0 Å². The summed E-state index contributed by atoms with van der Waals surface area (Å²) in [5, 5.41) is 0. The smallest absolute Gasteiger partial charge is 0.0694 e. The number of hydrogen-bond donors (Lipinski definition) is 0. The molecule has 0 radical (unpaired) electrons. The van der Waals surface area contributed by atoms with Crippen molar-refractivity contribution in [2.75, 3.05) is 0 Å². The van der Waals surface area contributed by atoms with Crippen molar-refractivity contribution >= 4 is 5.57 Å². The Kier molecular flexibility index (Phi) is 3.25. The van der Waals surface area contributed by atoms with Crippen molar-refractivity contribution < 1.29 is 0 Å². The van der Waals surface area contributed by atoms with Gasteiger partial charge in [-0.1, -0.05) is 43.3 Å². The fourth-order valence-electron chi connectivity index (χ4n) is 2.07. The van der Waals surface area contributed by atoms with E-state index in [0.29, 0.717) is 5.92 Å². The van der Waals surface area contributed by atoms with Crippen LogP contribution in [0.1, 0.15) is 19.4 Å². The first-order valence-corrected chi connectivity index (χ1v) is 5.79. The van der Waals surface area contributed by atoms with E-state index in [1.807, 2.05) is 12.1 Å². The van der Waals surface area contributed by atoms with Gasteiger partial charge in [-0.05, 0) is 28.5 Å². The van der Waals surface area contributed by atoms with E-state index in [-0.39, 0.29) is 0 Å². The lowest BCUT2D eigenvalue weighted by Crippen LogP contribution is -2.01. The summed E-state index contributed by atoms with van der Waals surface area (Å²) in [5.74, 6) is 0.403. The average Bonchev–Trinajstić information content (AvgIpc) is 2.39. The fourth-order valence-corrected chi connectivity index (χ4v) is 2.07. The van der Waals surface area contributed by atoms with Gasteiger partial charge in [0.15, 0.2) is 0 Å². The molecule has 0 saturated heterocycles. The van der Waals surface area contributed by atoms with Gasteiger partial charge >= 0.3 is 5.70 Å². The summed E-state index contributed by atoms with van der Waals surface area (Å²) in [6.07, 6.45) is 6.16. The third kappa shape index (κ3) is 2.37. The molecule has 1 aromatic carbocycles. The lowest BCUT2D eigenvalue weighted by molar-refractivity contribution is 0.881. The summed E-state index contributed by atoms with van der Waals surface area (Å²) in [4.78, 5) is 3.75. The summed E-state index contributed by atoms with van der Waals surface area (Å²) >= 11 is 0. The molecule has 1 aliphatic carbocycles. The largest absolute Gasteiger partial charge is 0.339 e. The molecule has 1 aliphatic rings. The van der Waals surface area contributed by atoms with Crippen LogP contribution in [0.4, 0.5) is 0 Å². The van der Waals surface area contributed by atoms with E-state index in [1.165, 1.54) is 16.7 Å². The summed E-state index contributed by atoms with van der Waals surface area (Å²) in [6, 6.07) is 10.4. The lowest BCUT2D eigenvalue weighted by atomic mass is 9.89. The van der Waals surface area contributed by atoms with Crippen LogP contribution in [0, 0.1) is 12.5 Å².